The normalized spacial score (nSPS) is 9.42. The molecule has 6 nitrogen and oxygen atoms in total. The zero-order valence-corrected chi connectivity index (χ0v) is 12.1. The van der Waals surface area contributed by atoms with Crippen LogP contribution in [0.4, 0.5) is 0 Å². The lowest BCUT2D eigenvalue weighted by molar-refractivity contribution is -0.671. The highest BCUT2D eigenvalue weighted by Gasteiger charge is 1.98. The molecule has 0 bridgehead atoms. The van der Waals surface area contributed by atoms with Gasteiger partial charge in [-0.15, -0.1) is 0 Å². The summed E-state index contributed by atoms with van der Waals surface area (Å²) in [6.45, 7) is 2.00. The maximum atomic E-state index is 8.43. The first-order valence-corrected chi connectivity index (χ1v) is 5.84. The molecule has 19 heavy (non-hydrogen) atoms. The predicted octanol–water partition coefficient (Wildman–Crippen LogP) is -3.25. The minimum atomic E-state index is 0. The predicted molar refractivity (Wildman–Crippen MR) is 66.7 cm³/mol. The van der Waals surface area contributed by atoms with Gasteiger partial charge in [0.05, 0.1) is 33.2 Å². The fourth-order valence-electron chi connectivity index (χ4n) is 1.30. The van der Waals surface area contributed by atoms with Crippen LogP contribution in [-0.4, -0.2) is 39.0 Å². The van der Waals surface area contributed by atoms with E-state index in [0.29, 0.717) is 13.2 Å². The van der Waals surface area contributed by atoms with Crippen molar-refractivity contribution in [3.63, 3.8) is 0 Å². The van der Waals surface area contributed by atoms with Crippen LogP contribution in [0.2, 0.25) is 0 Å². The third kappa shape index (κ3) is 8.36. The van der Waals surface area contributed by atoms with Gasteiger partial charge in [-0.3, -0.25) is 0 Å². The summed E-state index contributed by atoms with van der Waals surface area (Å²) in [5, 5.41) is 8.43. The van der Waals surface area contributed by atoms with Crippen LogP contribution < -0.4 is 17.0 Å². The van der Waals surface area contributed by atoms with E-state index in [1.807, 2.05) is 52.7 Å². The lowest BCUT2D eigenvalue weighted by atomic mass is 10.6. The van der Waals surface area contributed by atoms with Crippen LogP contribution >= 0.6 is 0 Å². The van der Waals surface area contributed by atoms with E-state index in [1.165, 1.54) is 0 Å². The molecule has 0 aliphatic rings. The van der Waals surface area contributed by atoms with Crippen molar-refractivity contribution in [1.82, 2.24) is 14.1 Å². The largest absolute Gasteiger partial charge is 1.00 e. The molecule has 7 heteroatoms. The number of halogens is 1. The first kappa shape index (κ1) is 17.6. The molecule has 0 fully saturated rings. The molecule has 0 saturated heterocycles. The maximum absolute atomic E-state index is 8.43. The number of aromatic nitrogens is 4. The van der Waals surface area contributed by atoms with Crippen LogP contribution in [-0.2, 0) is 25.4 Å². The lowest BCUT2D eigenvalue weighted by Gasteiger charge is -1.98. The molecule has 2 rings (SSSR count). The number of imidazole rings is 2. The van der Waals surface area contributed by atoms with Gasteiger partial charge in [-0.1, -0.05) is 0 Å². The summed E-state index contributed by atoms with van der Waals surface area (Å²) in [6.07, 6.45) is 11.3. The molecule has 0 spiro atoms. The van der Waals surface area contributed by atoms with Crippen LogP contribution in [0.5, 0.6) is 0 Å². The molecule has 2 aromatic rings. The van der Waals surface area contributed by atoms with E-state index >= 15 is 0 Å². The van der Waals surface area contributed by atoms with Crippen LogP contribution in [0.1, 0.15) is 0 Å². The minimum Gasteiger partial charge on any atom is -1.00 e. The van der Waals surface area contributed by atoms with E-state index in [4.69, 9.17) is 9.84 Å². The van der Waals surface area contributed by atoms with Gasteiger partial charge in [0.2, 0.25) is 6.33 Å². The Hall–Kier alpha value is -1.37. The van der Waals surface area contributed by atoms with Gasteiger partial charge in [0.1, 0.15) is 18.9 Å². The quantitative estimate of drug-likeness (QED) is 0.464. The molecule has 1 N–H and O–H groups in total. The average Bonchev–Trinajstić information content (AvgIpc) is 2.97. The van der Waals surface area contributed by atoms with Crippen molar-refractivity contribution in [2.24, 2.45) is 14.1 Å². The second-order valence-electron chi connectivity index (χ2n) is 3.88. The highest BCUT2D eigenvalue weighted by Crippen LogP contribution is 1.84. The second-order valence-corrected chi connectivity index (χ2v) is 3.88. The Labute approximate surface area is 119 Å². The van der Waals surface area contributed by atoms with Crippen molar-refractivity contribution in [3.8, 4) is 0 Å². The molecule has 0 unspecified atom stereocenters. The molecule has 0 radical (unpaired) electrons. The van der Waals surface area contributed by atoms with E-state index in [0.717, 1.165) is 6.54 Å². The standard InChI is InChI=1S/C8H15N2O2.C4H6N2.ClH/c1-9-2-3-10(8-9)4-6-12-7-5-11;1-6-3-2-5-4-6;/h2-3,8,11H,4-7H2,1H3;2-4H,1H3;1H/q+1;;/p-1. The monoisotopic (exact) mass is 288 g/mol. The van der Waals surface area contributed by atoms with Gasteiger partial charge in [0, 0.05) is 19.4 Å². The van der Waals surface area contributed by atoms with Crippen LogP contribution in [0.15, 0.2) is 37.4 Å². The lowest BCUT2D eigenvalue weighted by Crippen LogP contribution is -3.00. The van der Waals surface area contributed by atoms with Gasteiger partial charge in [0.25, 0.3) is 0 Å². The summed E-state index contributed by atoms with van der Waals surface area (Å²) in [5.41, 5.74) is 0. The topological polar surface area (TPSA) is 56.1 Å². The van der Waals surface area contributed by atoms with Gasteiger partial charge >= 0.3 is 0 Å². The summed E-state index contributed by atoms with van der Waals surface area (Å²) in [7, 11) is 3.91. The molecular formula is C12H21ClN4O2. The van der Waals surface area contributed by atoms with Crippen molar-refractivity contribution in [3.05, 3.63) is 37.4 Å². The molecule has 0 aromatic carbocycles. The molecule has 0 saturated carbocycles. The Morgan fingerprint density at radius 3 is 2.53 bits per heavy atom. The van der Waals surface area contributed by atoms with Gasteiger partial charge in [0.15, 0.2) is 0 Å². The highest BCUT2D eigenvalue weighted by molar-refractivity contribution is 4.70. The van der Waals surface area contributed by atoms with Crippen LogP contribution in [0, 0.1) is 0 Å². The number of rotatable bonds is 5. The Morgan fingerprint density at radius 2 is 2.11 bits per heavy atom. The summed E-state index contributed by atoms with van der Waals surface area (Å²) in [6, 6.07) is 0. The molecule has 0 aliphatic carbocycles. The van der Waals surface area contributed by atoms with Crippen molar-refractivity contribution < 1.29 is 26.8 Å². The summed E-state index contributed by atoms with van der Waals surface area (Å²) >= 11 is 0. The molecular weight excluding hydrogens is 268 g/mol. The van der Waals surface area contributed by atoms with Crippen molar-refractivity contribution >= 4 is 0 Å². The SMILES string of the molecule is C[n+]1ccn(CCOCCO)c1.Cn1ccnc1.[Cl-]. The van der Waals surface area contributed by atoms with E-state index in [2.05, 4.69) is 4.98 Å². The van der Waals surface area contributed by atoms with E-state index in [9.17, 15) is 0 Å². The number of hydrogen-bond donors (Lipinski definition) is 1. The Balaban J connectivity index is 0.000000392. The molecule has 0 aliphatic heterocycles. The summed E-state index contributed by atoms with van der Waals surface area (Å²) < 4.78 is 11.0. The first-order chi connectivity index (χ1) is 8.72. The second kappa shape index (κ2) is 10.5. The van der Waals surface area contributed by atoms with Crippen molar-refractivity contribution in [2.75, 3.05) is 19.8 Å². The van der Waals surface area contributed by atoms with Gasteiger partial charge in [-0.2, -0.15) is 0 Å². The number of aliphatic hydroxyl groups is 1. The van der Waals surface area contributed by atoms with Crippen LogP contribution in [0.3, 0.4) is 0 Å². The number of aliphatic hydroxyl groups excluding tert-OH is 1. The molecule has 108 valence electrons. The molecule has 2 aromatic heterocycles. The number of ether oxygens (including phenoxy) is 1. The summed E-state index contributed by atoms with van der Waals surface area (Å²) in [5.74, 6) is 0. The fourth-order valence-corrected chi connectivity index (χ4v) is 1.30. The Bertz CT molecular complexity index is 417. The Morgan fingerprint density at radius 1 is 1.32 bits per heavy atom. The maximum Gasteiger partial charge on any atom is 0.243 e. The van der Waals surface area contributed by atoms with Gasteiger partial charge in [-0.05, 0) is 0 Å². The van der Waals surface area contributed by atoms with Crippen molar-refractivity contribution in [2.45, 2.75) is 6.54 Å². The molecule has 0 amide bonds. The number of aryl methyl sites for hydroxylation is 2. The Kier molecular flexibility index (Phi) is 9.78. The van der Waals surface area contributed by atoms with Crippen molar-refractivity contribution in [1.29, 1.82) is 0 Å². The third-order valence-corrected chi connectivity index (χ3v) is 2.19. The van der Waals surface area contributed by atoms with Crippen LogP contribution in [0.25, 0.3) is 0 Å². The average molecular weight is 289 g/mol. The zero-order valence-electron chi connectivity index (χ0n) is 11.3. The smallest absolute Gasteiger partial charge is 0.243 e. The zero-order chi connectivity index (χ0) is 13.2. The number of hydrogen-bond acceptors (Lipinski definition) is 3. The molecule has 0 atom stereocenters. The van der Waals surface area contributed by atoms with E-state index in [1.54, 1.807) is 12.5 Å². The summed E-state index contributed by atoms with van der Waals surface area (Å²) in [4.78, 5) is 3.78. The van der Waals surface area contributed by atoms with Gasteiger partial charge in [-0.25, -0.2) is 14.1 Å². The molecule has 2 heterocycles. The third-order valence-electron chi connectivity index (χ3n) is 2.19. The number of nitrogens with zero attached hydrogens (tertiary/aromatic N) is 4. The van der Waals surface area contributed by atoms with Gasteiger partial charge < -0.3 is 26.8 Å². The minimum absolute atomic E-state index is 0. The van der Waals surface area contributed by atoms with E-state index in [-0.39, 0.29) is 19.0 Å². The highest BCUT2D eigenvalue weighted by atomic mass is 35.5. The first-order valence-electron chi connectivity index (χ1n) is 5.84. The fraction of sp³-hybridized carbons (Fsp3) is 0.500. The van der Waals surface area contributed by atoms with E-state index < -0.39 is 0 Å².